The summed E-state index contributed by atoms with van der Waals surface area (Å²) in [5.74, 6) is -0.298. The van der Waals surface area contributed by atoms with E-state index in [1.54, 1.807) is 29.2 Å². The zero-order chi connectivity index (χ0) is 19.6. The molecule has 1 aliphatic rings. The van der Waals surface area contributed by atoms with Crippen molar-refractivity contribution >= 4 is 33.1 Å². The van der Waals surface area contributed by atoms with Crippen LogP contribution in [0, 0.1) is 11.3 Å². The van der Waals surface area contributed by atoms with E-state index in [9.17, 15) is 18.0 Å². The lowest BCUT2D eigenvalue weighted by atomic mass is 10.2. The van der Waals surface area contributed by atoms with Gasteiger partial charge < -0.3 is 4.90 Å². The molecule has 0 aliphatic carbocycles. The molecule has 0 spiro atoms. The van der Waals surface area contributed by atoms with Gasteiger partial charge in [0, 0.05) is 26.2 Å². The molecule has 1 aromatic heterocycles. The molecule has 1 aliphatic heterocycles. The molecule has 1 aromatic carbocycles. The maximum Gasteiger partial charge on any atom is 0.264 e. The van der Waals surface area contributed by atoms with Crippen LogP contribution < -0.4 is 0 Å². The summed E-state index contributed by atoms with van der Waals surface area (Å²) in [5, 5.41) is 9.15. The first-order chi connectivity index (χ1) is 12.8. The normalized spacial score (nSPS) is 15.3. The molecule has 0 atom stereocenters. The summed E-state index contributed by atoms with van der Waals surface area (Å²) < 4.78 is 26.9. The molecule has 3 rings (SSSR count). The number of nitrogens with zero attached hydrogens (tertiary/aromatic N) is 3. The Morgan fingerprint density at radius 2 is 1.67 bits per heavy atom. The number of piperazine rings is 1. The predicted octanol–water partition coefficient (Wildman–Crippen LogP) is 1.97. The van der Waals surface area contributed by atoms with Crippen LogP contribution in [0.2, 0.25) is 0 Å². The van der Waals surface area contributed by atoms with E-state index in [2.05, 4.69) is 0 Å². The van der Waals surface area contributed by atoms with Crippen LogP contribution in [0.25, 0.3) is 0 Å². The van der Waals surface area contributed by atoms with Gasteiger partial charge in [0.15, 0.2) is 5.78 Å². The number of carbonyl (C=O) groups is 2. The molecule has 9 heteroatoms. The zero-order valence-corrected chi connectivity index (χ0v) is 16.2. The van der Waals surface area contributed by atoms with Gasteiger partial charge in [0.1, 0.15) is 6.07 Å². The van der Waals surface area contributed by atoms with Crippen LogP contribution in [0.4, 0.5) is 0 Å². The lowest BCUT2D eigenvalue weighted by Gasteiger charge is -2.33. The van der Waals surface area contributed by atoms with E-state index in [0.29, 0.717) is 9.75 Å². The second-order valence-electron chi connectivity index (χ2n) is 6.02. The number of Topliss-reactive ketones (excluding diaryl/α,β-unsaturated/α-hetero) is 1. The molecule has 1 saturated heterocycles. The van der Waals surface area contributed by atoms with E-state index in [4.69, 9.17) is 5.26 Å². The van der Waals surface area contributed by atoms with Gasteiger partial charge in [0.25, 0.3) is 5.91 Å². The number of rotatable bonds is 4. The van der Waals surface area contributed by atoms with Crippen LogP contribution in [0.15, 0.2) is 41.3 Å². The number of hydrogen-bond donors (Lipinski definition) is 0. The summed E-state index contributed by atoms with van der Waals surface area (Å²) in [6.45, 7) is 2.25. The minimum Gasteiger partial charge on any atom is -0.335 e. The number of ketones is 1. The Labute approximate surface area is 161 Å². The van der Waals surface area contributed by atoms with E-state index in [-0.39, 0.29) is 48.3 Å². The molecule has 0 saturated carbocycles. The smallest absolute Gasteiger partial charge is 0.264 e. The fraction of sp³-hybridized carbons (Fsp3) is 0.278. The van der Waals surface area contributed by atoms with Crippen LogP contribution in [0.3, 0.4) is 0 Å². The van der Waals surface area contributed by atoms with Gasteiger partial charge in [-0.25, -0.2) is 8.42 Å². The van der Waals surface area contributed by atoms with E-state index in [1.165, 1.54) is 23.4 Å². The first-order valence-electron chi connectivity index (χ1n) is 8.24. The van der Waals surface area contributed by atoms with E-state index in [0.717, 1.165) is 11.3 Å². The number of sulfonamides is 1. The Morgan fingerprint density at radius 3 is 2.26 bits per heavy atom. The van der Waals surface area contributed by atoms with Gasteiger partial charge >= 0.3 is 0 Å². The summed E-state index contributed by atoms with van der Waals surface area (Å²) in [6.07, 6.45) is 0. The molecule has 27 heavy (non-hydrogen) atoms. The van der Waals surface area contributed by atoms with Gasteiger partial charge in [-0.3, -0.25) is 9.59 Å². The highest BCUT2D eigenvalue weighted by Crippen LogP contribution is 2.23. The maximum atomic E-state index is 12.8. The molecule has 7 nitrogen and oxygen atoms in total. The first-order valence-corrected chi connectivity index (χ1v) is 10.5. The Bertz CT molecular complexity index is 1030. The standard InChI is InChI=1S/C18H17N3O4S2/c1-13(22)15-6-7-16(26-15)18(23)20-8-10-21(11-9-20)27(24,25)17-5-3-2-4-14(17)12-19/h2-7H,8-11H2,1H3. The van der Waals surface area contributed by atoms with Crippen LogP contribution in [0.1, 0.15) is 31.8 Å². The number of amides is 1. The predicted molar refractivity (Wildman–Crippen MR) is 100 cm³/mol. The average Bonchev–Trinajstić information content (AvgIpc) is 3.18. The highest BCUT2D eigenvalue weighted by Gasteiger charge is 2.32. The second kappa shape index (κ2) is 7.60. The molecule has 140 valence electrons. The zero-order valence-electron chi connectivity index (χ0n) is 14.6. The van der Waals surface area contributed by atoms with Crippen LogP contribution >= 0.6 is 11.3 Å². The third-order valence-corrected chi connectivity index (χ3v) is 7.45. The van der Waals surface area contributed by atoms with Crippen molar-refractivity contribution in [3.8, 4) is 6.07 Å². The van der Waals surface area contributed by atoms with Crippen molar-refractivity contribution in [1.82, 2.24) is 9.21 Å². The van der Waals surface area contributed by atoms with Gasteiger partial charge in [-0.1, -0.05) is 12.1 Å². The molecule has 1 fully saturated rings. The van der Waals surface area contributed by atoms with Gasteiger partial charge in [0.05, 0.1) is 20.2 Å². The lowest BCUT2D eigenvalue weighted by Crippen LogP contribution is -2.50. The van der Waals surface area contributed by atoms with Crippen molar-refractivity contribution < 1.29 is 18.0 Å². The van der Waals surface area contributed by atoms with Crippen molar-refractivity contribution in [3.05, 3.63) is 51.7 Å². The maximum absolute atomic E-state index is 12.8. The van der Waals surface area contributed by atoms with Crippen molar-refractivity contribution in [2.75, 3.05) is 26.2 Å². The monoisotopic (exact) mass is 403 g/mol. The van der Waals surface area contributed by atoms with Gasteiger partial charge in [0.2, 0.25) is 10.0 Å². The summed E-state index contributed by atoms with van der Waals surface area (Å²) in [5.41, 5.74) is 0.103. The molecule has 0 unspecified atom stereocenters. The fourth-order valence-corrected chi connectivity index (χ4v) is 5.29. The van der Waals surface area contributed by atoms with Crippen molar-refractivity contribution in [2.45, 2.75) is 11.8 Å². The quantitative estimate of drug-likeness (QED) is 0.727. The topological polar surface area (TPSA) is 98.6 Å². The van der Waals surface area contributed by atoms with E-state index in [1.807, 2.05) is 6.07 Å². The average molecular weight is 403 g/mol. The molecular weight excluding hydrogens is 386 g/mol. The van der Waals surface area contributed by atoms with Crippen molar-refractivity contribution in [3.63, 3.8) is 0 Å². The van der Waals surface area contributed by atoms with Gasteiger partial charge in [-0.2, -0.15) is 9.57 Å². The third-order valence-electron chi connectivity index (χ3n) is 4.31. The molecule has 0 bridgehead atoms. The Hall–Kier alpha value is -2.54. The third kappa shape index (κ3) is 3.78. The van der Waals surface area contributed by atoms with Crippen molar-refractivity contribution in [2.24, 2.45) is 0 Å². The summed E-state index contributed by atoms with van der Waals surface area (Å²) in [7, 11) is -3.79. The van der Waals surface area contributed by atoms with Crippen LogP contribution in [-0.4, -0.2) is 55.5 Å². The minimum absolute atomic E-state index is 0.0170. The molecule has 2 heterocycles. The fourth-order valence-electron chi connectivity index (χ4n) is 2.85. The van der Waals surface area contributed by atoms with Crippen LogP contribution in [-0.2, 0) is 10.0 Å². The van der Waals surface area contributed by atoms with E-state index >= 15 is 0 Å². The van der Waals surface area contributed by atoms with Gasteiger partial charge in [-0.05, 0) is 31.2 Å². The van der Waals surface area contributed by atoms with Crippen LogP contribution in [0.5, 0.6) is 0 Å². The number of hydrogen-bond acceptors (Lipinski definition) is 6. The summed E-state index contributed by atoms with van der Waals surface area (Å²) in [4.78, 5) is 26.5. The second-order valence-corrected chi connectivity index (χ2v) is 9.01. The Kier molecular flexibility index (Phi) is 5.41. The molecule has 1 amide bonds. The number of nitriles is 1. The summed E-state index contributed by atoms with van der Waals surface area (Å²) in [6, 6.07) is 11.2. The first kappa shape index (κ1) is 19.2. The minimum atomic E-state index is -3.79. The summed E-state index contributed by atoms with van der Waals surface area (Å²) >= 11 is 1.14. The van der Waals surface area contributed by atoms with Gasteiger partial charge in [-0.15, -0.1) is 11.3 Å². The lowest BCUT2D eigenvalue weighted by molar-refractivity contribution is 0.0702. The van der Waals surface area contributed by atoms with E-state index < -0.39 is 10.0 Å². The highest BCUT2D eigenvalue weighted by atomic mass is 32.2. The largest absolute Gasteiger partial charge is 0.335 e. The SMILES string of the molecule is CC(=O)c1ccc(C(=O)N2CCN(S(=O)(=O)c3ccccc3C#N)CC2)s1. The van der Waals surface area contributed by atoms with Crippen molar-refractivity contribution in [1.29, 1.82) is 5.26 Å². The molecule has 2 aromatic rings. The number of carbonyl (C=O) groups excluding carboxylic acids is 2. The number of benzene rings is 1. The Balaban J connectivity index is 1.72. The molecular formula is C18H17N3O4S2. The Morgan fingerprint density at radius 1 is 1.04 bits per heavy atom. The molecule has 0 radical (unpaired) electrons. The highest BCUT2D eigenvalue weighted by molar-refractivity contribution is 7.89. The molecule has 0 N–H and O–H groups in total. The number of thiophene rings is 1.